The van der Waals surface area contributed by atoms with Gasteiger partial charge in [0.1, 0.15) is 6.61 Å². The van der Waals surface area contributed by atoms with E-state index in [0.29, 0.717) is 0 Å². The van der Waals surface area contributed by atoms with Crippen molar-refractivity contribution in [1.29, 1.82) is 0 Å². The zero-order chi connectivity index (χ0) is 12.2. The number of alkyl halides is 3. The number of halogens is 3. The Morgan fingerprint density at radius 2 is 2.00 bits per heavy atom. The Kier molecular flexibility index (Phi) is 3.84. The molecule has 1 aromatic heterocycles. The van der Waals surface area contributed by atoms with E-state index in [2.05, 4.69) is 9.72 Å². The summed E-state index contributed by atoms with van der Waals surface area (Å²) in [4.78, 5) is 3.82. The number of ether oxygens (including phenoxy) is 1. The summed E-state index contributed by atoms with van der Waals surface area (Å²) >= 11 is 0. The lowest BCUT2D eigenvalue weighted by Crippen LogP contribution is -2.48. The molecular weight excluding hydrogens is 223 g/mol. The Balaban J connectivity index is 2.79. The van der Waals surface area contributed by atoms with E-state index in [-0.39, 0.29) is 12.2 Å². The molecule has 7 heteroatoms. The first-order chi connectivity index (χ1) is 7.37. The van der Waals surface area contributed by atoms with Gasteiger partial charge in [-0.05, 0) is 12.1 Å². The number of nitrogens with zero attached hydrogens (tertiary/aromatic N) is 1. The summed E-state index contributed by atoms with van der Waals surface area (Å²) in [5, 5.41) is 0. The van der Waals surface area contributed by atoms with Gasteiger partial charge in [-0.25, -0.2) is 0 Å². The van der Waals surface area contributed by atoms with Crippen LogP contribution in [0.15, 0.2) is 24.4 Å². The number of hydrogen-bond donors (Lipinski definition) is 2. The highest BCUT2D eigenvalue weighted by atomic mass is 19.4. The molecule has 4 nitrogen and oxygen atoms in total. The van der Waals surface area contributed by atoms with Crippen LogP contribution in [-0.4, -0.2) is 24.3 Å². The van der Waals surface area contributed by atoms with Crippen LogP contribution < -0.4 is 11.5 Å². The molecule has 0 saturated heterocycles. The minimum Gasteiger partial charge on any atom is -0.344 e. The third-order valence-electron chi connectivity index (χ3n) is 1.90. The lowest BCUT2D eigenvalue weighted by atomic mass is 10.1. The summed E-state index contributed by atoms with van der Waals surface area (Å²) in [6, 6.07) is 4.67. The van der Waals surface area contributed by atoms with Gasteiger partial charge in [-0.2, -0.15) is 13.2 Å². The minimum absolute atomic E-state index is 0.168. The maximum absolute atomic E-state index is 12.0. The average molecular weight is 235 g/mol. The monoisotopic (exact) mass is 235 g/mol. The second-order valence-corrected chi connectivity index (χ2v) is 3.21. The average Bonchev–Trinajstić information content (AvgIpc) is 2.26. The lowest BCUT2D eigenvalue weighted by Gasteiger charge is -2.27. The topological polar surface area (TPSA) is 74.2 Å². The van der Waals surface area contributed by atoms with Crippen LogP contribution in [0, 0.1) is 0 Å². The Morgan fingerprint density at radius 1 is 1.31 bits per heavy atom. The van der Waals surface area contributed by atoms with Crippen LogP contribution in [0.5, 0.6) is 0 Å². The fourth-order valence-electron chi connectivity index (χ4n) is 1.06. The highest BCUT2D eigenvalue weighted by molar-refractivity contribution is 5.12. The fourth-order valence-corrected chi connectivity index (χ4v) is 1.06. The van der Waals surface area contributed by atoms with Gasteiger partial charge in [-0.1, -0.05) is 6.07 Å². The Hall–Kier alpha value is -1.18. The van der Waals surface area contributed by atoms with E-state index >= 15 is 0 Å². The van der Waals surface area contributed by atoms with Crippen molar-refractivity contribution in [3.63, 3.8) is 0 Å². The van der Waals surface area contributed by atoms with Gasteiger partial charge >= 0.3 is 6.18 Å². The number of nitrogens with two attached hydrogens (primary N) is 2. The Bertz CT molecular complexity index is 331. The lowest BCUT2D eigenvalue weighted by molar-refractivity contribution is -0.206. The first-order valence-corrected chi connectivity index (χ1v) is 4.48. The number of aromatic nitrogens is 1. The third kappa shape index (κ3) is 3.44. The smallest absolute Gasteiger partial charge is 0.344 e. The van der Waals surface area contributed by atoms with Gasteiger partial charge in [0.15, 0.2) is 5.72 Å². The van der Waals surface area contributed by atoms with Gasteiger partial charge in [0.2, 0.25) is 0 Å². The van der Waals surface area contributed by atoms with Crippen LogP contribution in [0.1, 0.15) is 5.69 Å². The predicted octanol–water partition coefficient (Wildman–Crippen LogP) is 0.731. The van der Waals surface area contributed by atoms with Gasteiger partial charge in [-0.3, -0.25) is 10.7 Å². The van der Waals surface area contributed by atoms with Gasteiger partial charge in [0.25, 0.3) is 0 Å². The molecule has 0 aliphatic rings. The molecule has 0 bridgehead atoms. The van der Waals surface area contributed by atoms with Crippen molar-refractivity contribution in [2.45, 2.75) is 11.9 Å². The van der Waals surface area contributed by atoms with E-state index in [4.69, 9.17) is 11.5 Å². The van der Waals surface area contributed by atoms with Crippen molar-refractivity contribution in [2.24, 2.45) is 11.5 Å². The molecule has 0 saturated carbocycles. The molecule has 1 aromatic rings. The van der Waals surface area contributed by atoms with Crippen molar-refractivity contribution in [2.75, 3.05) is 13.2 Å². The third-order valence-corrected chi connectivity index (χ3v) is 1.90. The molecule has 16 heavy (non-hydrogen) atoms. The predicted molar refractivity (Wildman–Crippen MR) is 51.2 cm³/mol. The van der Waals surface area contributed by atoms with Crippen LogP contribution in [-0.2, 0) is 10.5 Å². The van der Waals surface area contributed by atoms with Crippen LogP contribution in [0.3, 0.4) is 0 Å². The second kappa shape index (κ2) is 4.77. The van der Waals surface area contributed by atoms with Crippen molar-refractivity contribution in [3.05, 3.63) is 30.1 Å². The molecule has 0 radical (unpaired) electrons. The van der Waals surface area contributed by atoms with Gasteiger partial charge in [-0.15, -0.1) is 0 Å². The number of pyridine rings is 1. The summed E-state index contributed by atoms with van der Waals surface area (Å²) in [5.41, 5.74) is 9.38. The van der Waals surface area contributed by atoms with Crippen LogP contribution in [0.2, 0.25) is 0 Å². The summed E-state index contributed by atoms with van der Waals surface area (Å²) in [5.74, 6) is 0. The summed E-state index contributed by atoms with van der Waals surface area (Å²) in [6.45, 7) is -1.75. The van der Waals surface area contributed by atoms with E-state index in [1.165, 1.54) is 12.3 Å². The molecule has 0 spiro atoms. The van der Waals surface area contributed by atoms with Gasteiger partial charge < -0.3 is 10.5 Å². The molecule has 1 atom stereocenters. The standard InChI is InChI=1S/C9H12F3N3O/c10-9(11,12)6-16-8(14,5-13)7-3-1-2-4-15-7/h1-4H,5-6,13-14H2. The summed E-state index contributed by atoms with van der Waals surface area (Å²) in [6.07, 6.45) is -3.04. The zero-order valence-corrected chi connectivity index (χ0v) is 8.37. The maximum atomic E-state index is 12.0. The molecule has 0 amide bonds. The second-order valence-electron chi connectivity index (χ2n) is 3.21. The Labute approximate surface area is 90.4 Å². The zero-order valence-electron chi connectivity index (χ0n) is 8.37. The van der Waals surface area contributed by atoms with E-state index in [1.54, 1.807) is 12.1 Å². The molecular formula is C9H12F3N3O. The van der Waals surface area contributed by atoms with Crippen molar-refractivity contribution < 1.29 is 17.9 Å². The van der Waals surface area contributed by atoms with Crippen LogP contribution in [0.4, 0.5) is 13.2 Å². The minimum atomic E-state index is -4.45. The SMILES string of the molecule is NCC(N)(OCC(F)(F)F)c1ccccn1. The first-order valence-electron chi connectivity index (χ1n) is 4.48. The normalized spacial score (nSPS) is 15.8. The van der Waals surface area contributed by atoms with Crippen LogP contribution in [0.25, 0.3) is 0 Å². The molecule has 0 fully saturated rings. The largest absolute Gasteiger partial charge is 0.411 e. The molecule has 1 heterocycles. The van der Waals surface area contributed by atoms with E-state index in [1.807, 2.05) is 0 Å². The quantitative estimate of drug-likeness (QED) is 0.754. The van der Waals surface area contributed by atoms with Gasteiger partial charge in [0.05, 0.1) is 5.69 Å². The summed E-state index contributed by atoms with van der Waals surface area (Å²) < 4.78 is 40.6. The summed E-state index contributed by atoms with van der Waals surface area (Å²) in [7, 11) is 0. The van der Waals surface area contributed by atoms with Crippen LogP contribution >= 0.6 is 0 Å². The van der Waals surface area contributed by atoms with E-state index in [9.17, 15) is 13.2 Å². The Morgan fingerprint density at radius 3 is 2.44 bits per heavy atom. The molecule has 1 unspecified atom stereocenters. The highest BCUT2D eigenvalue weighted by Gasteiger charge is 2.35. The fraction of sp³-hybridized carbons (Fsp3) is 0.444. The van der Waals surface area contributed by atoms with Crippen molar-refractivity contribution >= 4 is 0 Å². The molecule has 0 aliphatic carbocycles. The molecule has 90 valence electrons. The first kappa shape index (κ1) is 12.9. The van der Waals surface area contributed by atoms with Crippen molar-refractivity contribution in [1.82, 2.24) is 4.98 Å². The van der Waals surface area contributed by atoms with E-state index in [0.717, 1.165) is 0 Å². The molecule has 4 N–H and O–H groups in total. The molecule has 0 aromatic carbocycles. The van der Waals surface area contributed by atoms with Crippen molar-refractivity contribution in [3.8, 4) is 0 Å². The number of hydrogen-bond acceptors (Lipinski definition) is 4. The molecule has 0 aliphatic heterocycles. The molecule has 1 rings (SSSR count). The van der Waals surface area contributed by atoms with Gasteiger partial charge in [0, 0.05) is 12.7 Å². The maximum Gasteiger partial charge on any atom is 0.411 e. The highest BCUT2D eigenvalue weighted by Crippen LogP contribution is 2.22. The number of rotatable bonds is 4. The van der Waals surface area contributed by atoms with E-state index < -0.39 is 18.5 Å².